The third-order valence-corrected chi connectivity index (χ3v) is 4.12. The summed E-state index contributed by atoms with van der Waals surface area (Å²) in [4.78, 5) is 23.7. The maximum atomic E-state index is 12.6. The molecule has 2 aromatic carbocycles. The van der Waals surface area contributed by atoms with Crippen molar-refractivity contribution in [3.8, 4) is 17.2 Å². The van der Waals surface area contributed by atoms with Crippen molar-refractivity contribution in [2.75, 3.05) is 13.2 Å². The lowest BCUT2D eigenvalue weighted by atomic mass is 9.90. The van der Waals surface area contributed by atoms with Crippen LogP contribution in [-0.4, -0.2) is 30.1 Å². The van der Waals surface area contributed by atoms with E-state index < -0.39 is 11.4 Å². The lowest BCUT2D eigenvalue weighted by Gasteiger charge is -2.19. The third kappa shape index (κ3) is 5.48. The minimum absolute atomic E-state index is 0.252. The van der Waals surface area contributed by atoms with Gasteiger partial charge in [-0.25, -0.2) is 0 Å². The first-order valence-corrected chi connectivity index (χ1v) is 8.85. The van der Waals surface area contributed by atoms with Crippen LogP contribution in [0, 0.1) is 5.41 Å². The number of amides is 1. The Hall–Kier alpha value is -3.02. The Bertz CT molecular complexity index is 801. The van der Waals surface area contributed by atoms with Crippen molar-refractivity contribution in [2.24, 2.45) is 5.41 Å². The number of para-hydroxylation sites is 3. The predicted molar refractivity (Wildman–Crippen MR) is 102 cm³/mol. The zero-order chi connectivity index (χ0) is 19.9. The highest BCUT2D eigenvalue weighted by Crippen LogP contribution is 2.33. The van der Waals surface area contributed by atoms with E-state index in [9.17, 15) is 9.59 Å². The van der Waals surface area contributed by atoms with Crippen LogP contribution in [-0.2, 0) is 4.79 Å². The summed E-state index contributed by atoms with van der Waals surface area (Å²) in [5.41, 5.74) is -0.531. The van der Waals surface area contributed by atoms with Gasteiger partial charge in [-0.05, 0) is 51.5 Å². The van der Waals surface area contributed by atoms with Crippen LogP contribution in [0.25, 0.3) is 0 Å². The first kappa shape index (κ1) is 20.3. The average Bonchev–Trinajstić information content (AvgIpc) is 2.63. The normalized spacial score (nSPS) is 10.9. The number of carbonyl (C=O) groups is 2. The molecule has 0 atom stereocenters. The molecule has 0 aliphatic rings. The summed E-state index contributed by atoms with van der Waals surface area (Å²) in [6.45, 7) is 5.90. The highest BCUT2D eigenvalue weighted by Gasteiger charge is 2.26. The minimum atomic E-state index is -0.903. The van der Waals surface area contributed by atoms with Gasteiger partial charge in [0.05, 0.1) is 17.6 Å². The number of carboxylic acids is 1. The molecule has 0 aromatic heterocycles. The molecule has 2 aromatic rings. The van der Waals surface area contributed by atoms with Crippen LogP contribution < -0.4 is 14.8 Å². The van der Waals surface area contributed by atoms with Gasteiger partial charge in [0.25, 0.3) is 5.91 Å². The van der Waals surface area contributed by atoms with Crippen LogP contribution in [0.5, 0.6) is 17.2 Å². The molecule has 2 N–H and O–H groups in total. The Morgan fingerprint density at radius 2 is 1.59 bits per heavy atom. The molecule has 0 unspecified atom stereocenters. The lowest BCUT2D eigenvalue weighted by molar-refractivity contribution is -0.147. The summed E-state index contributed by atoms with van der Waals surface area (Å²) >= 11 is 0. The number of benzene rings is 2. The predicted octanol–water partition coefficient (Wildman–Crippen LogP) is 4.11. The standard InChI is InChI=1S/C21H25NO5/c1-4-26-17-11-7-8-12-18(17)27-16-10-6-5-9-15(16)19(23)22-14-13-21(2,3)20(24)25/h5-12H,4,13-14H2,1-3H3,(H,22,23)(H,24,25). The fourth-order valence-electron chi connectivity index (χ4n) is 2.36. The van der Waals surface area contributed by atoms with Gasteiger partial charge in [0.15, 0.2) is 11.5 Å². The van der Waals surface area contributed by atoms with Crippen LogP contribution in [0.1, 0.15) is 37.6 Å². The van der Waals surface area contributed by atoms with Gasteiger partial charge in [-0.2, -0.15) is 0 Å². The molecule has 0 radical (unpaired) electrons. The minimum Gasteiger partial charge on any atom is -0.490 e. The first-order chi connectivity index (χ1) is 12.8. The maximum absolute atomic E-state index is 12.6. The van der Waals surface area contributed by atoms with Crippen molar-refractivity contribution in [3.05, 3.63) is 54.1 Å². The topological polar surface area (TPSA) is 84.9 Å². The molecule has 6 nitrogen and oxygen atoms in total. The van der Waals surface area contributed by atoms with Crippen LogP contribution >= 0.6 is 0 Å². The Labute approximate surface area is 159 Å². The van der Waals surface area contributed by atoms with E-state index in [0.29, 0.717) is 35.8 Å². The molecule has 2 rings (SSSR count). The van der Waals surface area contributed by atoms with E-state index in [2.05, 4.69) is 5.32 Å². The highest BCUT2D eigenvalue weighted by atomic mass is 16.5. The van der Waals surface area contributed by atoms with Gasteiger partial charge in [0, 0.05) is 6.54 Å². The van der Waals surface area contributed by atoms with Crippen LogP contribution in [0.4, 0.5) is 0 Å². The summed E-state index contributed by atoms with van der Waals surface area (Å²) in [5, 5.41) is 11.9. The fourth-order valence-corrected chi connectivity index (χ4v) is 2.36. The van der Waals surface area contributed by atoms with Crippen LogP contribution in [0.15, 0.2) is 48.5 Å². The Balaban J connectivity index is 2.11. The van der Waals surface area contributed by atoms with Gasteiger partial charge in [-0.1, -0.05) is 24.3 Å². The van der Waals surface area contributed by atoms with Gasteiger partial charge < -0.3 is 19.9 Å². The van der Waals surface area contributed by atoms with Crippen molar-refractivity contribution < 1.29 is 24.2 Å². The van der Waals surface area contributed by atoms with Gasteiger partial charge in [0.1, 0.15) is 5.75 Å². The largest absolute Gasteiger partial charge is 0.490 e. The number of hydrogen-bond donors (Lipinski definition) is 2. The van der Waals surface area contributed by atoms with Gasteiger partial charge >= 0.3 is 5.97 Å². The number of rotatable bonds is 9. The van der Waals surface area contributed by atoms with Crippen molar-refractivity contribution in [3.63, 3.8) is 0 Å². The van der Waals surface area contributed by atoms with Gasteiger partial charge in [-0.15, -0.1) is 0 Å². The third-order valence-electron chi connectivity index (χ3n) is 4.12. The van der Waals surface area contributed by atoms with Gasteiger partial charge in [0.2, 0.25) is 0 Å². The molecule has 0 heterocycles. The summed E-state index contributed by atoms with van der Waals surface area (Å²) < 4.78 is 11.5. The molecule has 0 aliphatic heterocycles. The average molecular weight is 371 g/mol. The Kier molecular flexibility index (Phi) is 6.82. The SMILES string of the molecule is CCOc1ccccc1Oc1ccccc1C(=O)NCCC(C)(C)C(=O)O. The molecule has 0 saturated heterocycles. The summed E-state index contributed by atoms with van der Waals surface area (Å²) in [7, 11) is 0. The number of carbonyl (C=O) groups excluding carboxylic acids is 1. The van der Waals surface area contributed by atoms with E-state index in [-0.39, 0.29) is 12.5 Å². The van der Waals surface area contributed by atoms with Crippen molar-refractivity contribution in [1.29, 1.82) is 0 Å². The number of aliphatic carboxylic acids is 1. The zero-order valence-corrected chi connectivity index (χ0v) is 15.8. The molecule has 0 fully saturated rings. The summed E-state index contributed by atoms with van der Waals surface area (Å²) in [6.07, 6.45) is 0.324. The number of nitrogens with one attached hydrogen (secondary N) is 1. The molecule has 0 saturated carbocycles. The highest BCUT2D eigenvalue weighted by molar-refractivity contribution is 5.97. The molecular formula is C21H25NO5. The van der Waals surface area contributed by atoms with Gasteiger partial charge in [-0.3, -0.25) is 9.59 Å². The van der Waals surface area contributed by atoms with E-state index >= 15 is 0 Å². The van der Waals surface area contributed by atoms with E-state index in [1.165, 1.54) is 0 Å². The molecule has 0 bridgehead atoms. The smallest absolute Gasteiger partial charge is 0.309 e. The summed E-state index contributed by atoms with van der Waals surface area (Å²) in [5.74, 6) is 0.304. The maximum Gasteiger partial charge on any atom is 0.309 e. The Morgan fingerprint density at radius 3 is 2.22 bits per heavy atom. The van der Waals surface area contributed by atoms with Crippen molar-refractivity contribution >= 4 is 11.9 Å². The van der Waals surface area contributed by atoms with E-state index in [0.717, 1.165) is 0 Å². The molecular weight excluding hydrogens is 346 g/mol. The second kappa shape index (κ2) is 9.07. The monoisotopic (exact) mass is 371 g/mol. The van der Waals surface area contributed by atoms with Crippen molar-refractivity contribution in [1.82, 2.24) is 5.32 Å². The first-order valence-electron chi connectivity index (χ1n) is 8.85. The summed E-state index contributed by atoms with van der Waals surface area (Å²) in [6, 6.07) is 14.1. The molecule has 27 heavy (non-hydrogen) atoms. The number of hydrogen-bond acceptors (Lipinski definition) is 4. The second-order valence-electron chi connectivity index (χ2n) is 6.67. The molecule has 144 valence electrons. The molecule has 6 heteroatoms. The lowest BCUT2D eigenvalue weighted by Crippen LogP contribution is -2.32. The molecule has 1 amide bonds. The second-order valence-corrected chi connectivity index (χ2v) is 6.67. The van der Waals surface area contributed by atoms with E-state index in [1.54, 1.807) is 50.2 Å². The van der Waals surface area contributed by atoms with E-state index in [4.69, 9.17) is 14.6 Å². The zero-order valence-electron chi connectivity index (χ0n) is 15.8. The number of ether oxygens (including phenoxy) is 2. The Morgan fingerprint density at radius 1 is 1.00 bits per heavy atom. The van der Waals surface area contributed by atoms with Crippen LogP contribution in [0.3, 0.4) is 0 Å². The quantitative estimate of drug-likeness (QED) is 0.693. The van der Waals surface area contributed by atoms with E-state index in [1.807, 2.05) is 19.1 Å². The molecule has 0 aliphatic carbocycles. The number of carboxylic acid groups (broad SMARTS) is 1. The fraction of sp³-hybridized carbons (Fsp3) is 0.333. The van der Waals surface area contributed by atoms with Crippen molar-refractivity contribution in [2.45, 2.75) is 27.2 Å². The molecule has 0 spiro atoms. The van der Waals surface area contributed by atoms with Crippen LogP contribution in [0.2, 0.25) is 0 Å².